The van der Waals surface area contributed by atoms with Crippen LogP contribution in [-0.2, 0) is 9.84 Å². The molecule has 1 atom stereocenters. The van der Waals surface area contributed by atoms with Gasteiger partial charge in [-0.1, -0.05) is 12.8 Å². The van der Waals surface area contributed by atoms with Gasteiger partial charge in [0.1, 0.15) is 11.9 Å². The number of nitrogens with one attached hydrogen (secondary N) is 1. The largest absolute Gasteiger partial charge is 0.489 e. The van der Waals surface area contributed by atoms with Crippen molar-refractivity contribution in [2.45, 2.75) is 49.6 Å². The molecule has 1 aliphatic rings. The molecule has 1 N–H and O–H groups in total. The van der Waals surface area contributed by atoms with E-state index in [4.69, 9.17) is 4.74 Å². The van der Waals surface area contributed by atoms with E-state index in [1.807, 2.05) is 6.92 Å². The Hall–Kier alpha value is -1.07. The van der Waals surface area contributed by atoms with E-state index < -0.39 is 9.84 Å². The number of rotatable bonds is 6. The van der Waals surface area contributed by atoms with Crippen LogP contribution in [0.3, 0.4) is 0 Å². The summed E-state index contributed by atoms with van der Waals surface area (Å²) in [6, 6.07) is 7.22. The van der Waals surface area contributed by atoms with Gasteiger partial charge in [-0.25, -0.2) is 8.42 Å². The SMILES string of the molecule is CC(CNC1CCCC1)Oc1ccc(S(C)(=O)=O)cc1. The van der Waals surface area contributed by atoms with Gasteiger partial charge in [0.05, 0.1) is 4.90 Å². The minimum absolute atomic E-state index is 0.0692. The van der Waals surface area contributed by atoms with Crippen molar-refractivity contribution in [2.24, 2.45) is 0 Å². The maximum Gasteiger partial charge on any atom is 0.175 e. The van der Waals surface area contributed by atoms with Gasteiger partial charge in [0, 0.05) is 18.8 Å². The second kappa shape index (κ2) is 6.59. The van der Waals surface area contributed by atoms with Crippen LogP contribution in [0.4, 0.5) is 0 Å². The lowest BCUT2D eigenvalue weighted by Gasteiger charge is -2.18. The van der Waals surface area contributed by atoms with Crippen molar-refractivity contribution >= 4 is 9.84 Å². The Labute approximate surface area is 121 Å². The van der Waals surface area contributed by atoms with Crippen molar-refractivity contribution in [3.63, 3.8) is 0 Å². The number of benzene rings is 1. The minimum Gasteiger partial charge on any atom is -0.489 e. The van der Waals surface area contributed by atoms with Crippen LogP contribution >= 0.6 is 0 Å². The van der Waals surface area contributed by atoms with Gasteiger partial charge in [-0.15, -0.1) is 0 Å². The minimum atomic E-state index is -3.14. The van der Waals surface area contributed by atoms with Crippen molar-refractivity contribution in [3.8, 4) is 5.75 Å². The fourth-order valence-electron chi connectivity index (χ4n) is 2.50. The first kappa shape index (κ1) is 15.3. The Balaban J connectivity index is 1.83. The monoisotopic (exact) mass is 297 g/mol. The van der Waals surface area contributed by atoms with Gasteiger partial charge in [0.2, 0.25) is 0 Å². The average molecular weight is 297 g/mol. The molecule has 112 valence electrons. The first-order valence-corrected chi connectivity index (χ1v) is 9.04. The predicted molar refractivity (Wildman–Crippen MR) is 79.9 cm³/mol. The molecule has 0 saturated heterocycles. The number of ether oxygens (including phenoxy) is 1. The van der Waals surface area contributed by atoms with E-state index in [0.717, 1.165) is 6.54 Å². The quantitative estimate of drug-likeness (QED) is 0.876. The zero-order valence-corrected chi connectivity index (χ0v) is 12.9. The molecule has 0 heterocycles. The number of hydrogen-bond donors (Lipinski definition) is 1. The van der Waals surface area contributed by atoms with Crippen LogP contribution in [0.1, 0.15) is 32.6 Å². The Bertz CT molecular complexity index is 519. The summed E-state index contributed by atoms with van der Waals surface area (Å²) >= 11 is 0. The molecule has 1 aromatic rings. The molecule has 2 rings (SSSR count). The molecular weight excluding hydrogens is 274 g/mol. The first-order valence-electron chi connectivity index (χ1n) is 7.15. The smallest absolute Gasteiger partial charge is 0.175 e. The predicted octanol–water partition coefficient (Wildman–Crippen LogP) is 2.39. The van der Waals surface area contributed by atoms with Gasteiger partial charge >= 0.3 is 0 Å². The third-order valence-electron chi connectivity index (χ3n) is 3.64. The van der Waals surface area contributed by atoms with Crippen molar-refractivity contribution in [1.82, 2.24) is 5.32 Å². The molecule has 5 heteroatoms. The highest BCUT2D eigenvalue weighted by Crippen LogP contribution is 2.19. The molecule has 0 radical (unpaired) electrons. The lowest BCUT2D eigenvalue weighted by Crippen LogP contribution is -2.35. The average Bonchev–Trinajstić information content (AvgIpc) is 2.89. The first-order chi connectivity index (χ1) is 9.45. The van der Waals surface area contributed by atoms with Crippen molar-refractivity contribution in [3.05, 3.63) is 24.3 Å². The van der Waals surface area contributed by atoms with E-state index in [1.165, 1.54) is 31.9 Å². The standard InChI is InChI=1S/C15H23NO3S/c1-12(11-16-13-5-3-4-6-13)19-14-7-9-15(10-8-14)20(2,17)18/h7-10,12-13,16H,3-6,11H2,1-2H3. The molecule has 1 aliphatic carbocycles. The summed E-state index contributed by atoms with van der Waals surface area (Å²) in [7, 11) is -3.14. The summed E-state index contributed by atoms with van der Waals surface area (Å²) in [6.45, 7) is 2.84. The number of hydrogen-bond acceptors (Lipinski definition) is 4. The van der Waals surface area contributed by atoms with Crippen LogP contribution in [-0.4, -0.2) is 33.4 Å². The van der Waals surface area contributed by atoms with E-state index in [2.05, 4.69) is 5.32 Å². The van der Waals surface area contributed by atoms with Crippen LogP contribution < -0.4 is 10.1 Å². The van der Waals surface area contributed by atoms with Gasteiger partial charge in [0.25, 0.3) is 0 Å². The van der Waals surface area contributed by atoms with Gasteiger partial charge < -0.3 is 10.1 Å². The van der Waals surface area contributed by atoms with Crippen LogP contribution in [0.25, 0.3) is 0 Å². The van der Waals surface area contributed by atoms with Crippen molar-refractivity contribution in [1.29, 1.82) is 0 Å². The van der Waals surface area contributed by atoms with Gasteiger partial charge in [-0.2, -0.15) is 0 Å². The maximum absolute atomic E-state index is 11.4. The van der Waals surface area contributed by atoms with Gasteiger partial charge in [-0.3, -0.25) is 0 Å². The van der Waals surface area contributed by atoms with Crippen LogP contribution in [0.15, 0.2) is 29.2 Å². The Morgan fingerprint density at radius 1 is 1.25 bits per heavy atom. The van der Waals surface area contributed by atoms with Gasteiger partial charge in [-0.05, 0) is 44.0 Å². The molecule has 0 aliphatic heterocycles. The number of sulfone groups is 1. The van der Waals surface area contributed by atoms with Crippen LogP contribution in [0.2, 0.25) is 0 Å². The topological polar surface area (TPSA) is 55.4 Å². The summed E-state index contributed by atoms with van der Waals surface area (Å²) in [5, 5.41) is 3.52. The van der Waals surface area contributed by atoms with Crippen LogP contribution in [0, 0.1) is 0 Å². The Morgan fingerprint density at radius 3 is 2.40 bits per heavy atom. The second-order valence-corrected chi connectivity index (χ2v) is 7.58. The molecule has 1 aromatic carbocycles. The molecule has 1 saturated carbocycles. The second-order valence-electron chi connectivity index (χ2n) is 5.56. The lowest BCUT2D eigenvalue weighted by atomic mass is 10.2. The summed E-state index contributed by atoms with van der Waals surface area (Å²) in [5.74, 6) is 0.707. The zero-order chi connectivity index (χ0) is 14.6. The normalized spacial score (nSPS) is 18.1. The van der Waals surface area contributed by atoms with E-state index >= 15 is 0 Å². The molecule has 4 nitrogen and oxygen atoms in total. The Kier molecular flexibility index (Phi) is 5.05. The molecule has 1 unspecified atom stereocenters. The maximum atomic E-state index is 11.4. The molecule has 0 spiro atoms. The third kappa shape index (κ3) is 4.49. The lowest BCUT2D eigenvalue weighted by molar-refractivity contribution is 0.211. The molecule has 0 bridgehead atoms. The summed E-state index contributed by atoms with van der Waals surface area (Å²) in [5.41, 5.74) is 0. The zero-order valence-electron chi connectivity index (χ0n) is 12.1. The van der Waals surface area contributed by atoms with E-state index in [9.17, 15) is 8.42 Å². The van der Waals surface area contributed by atoms with E-state index in [0.29, 0.717) is 16.7 Å². The summed E-state index contributed by atoms with van der Waals surface area (Å²) < 4.78 is 28.5. The fourth-order valence-corrected chi connectivity index (χ4v) is 3.13. The molecule has 1 fully saturated rings. The fraction of sp³-hybridized carbons (Fsp3) is 0.600. The van der Waals surface area contributed by atoms with E-state index in [-0.39, 0.29) is 6.10 Å². The highest BCUT2D eigenvalue weighted by atomic mass is 32.2. The summed E-state index contributed by atoms with van der Waals surface area (Å²) in [4.78, 5) is 0.321. The molecule has 20 heavy (non-hydrogen) atoms. The molecule has 0 aromatic heterocycles. The van der Waals surface area contributed by atoms with Gasteiger partial charge in [0.15, 0.2) is 9.84 Å². The highest BCUT2D eigenvalue weighted by molar-refractivity contribution is 7.90. The highest BCUT2D eigenvalue weighted by Gasteiger charge is 2.15. The molecule has 0 amide bonds. The third-order valence-corrected chi connectivity index (χ3v) is 4.77. The van der Waals surface area contributed by atoms with E-state index in [1.54, 1.807) is 24.3 Å². The Morgan fingerprint density at radius 2 is 1.85 bits per heavy atom. The molecular formula is C15H23NO3S. The van der Waals surface area contributed by atoms with Crippen molar-refractivity contribution in [2.75, 3.05) is 12.8 Å². The van der Waals surface area contributed by atoms with Crippen molar-refractivity contribution < 1.29 is 13.2 Å². The summed E-state index contributed by atoms with van der Waals surface area (Å²) in [6.07, 6.45) is 6.43. The van der Waals surface area contributed by atoms with Crippen LogP contribution in [0.5, 0.6) is 5.75 Å².